The van der Waals surface area contributed by atoms with Gasteiger partial charge in [0.1, 0.15) is 6.73 Å². The van der Waals surface area contributed by atoms with E-state index in [1.54, 1.807) is 48.3 Å². The monoisotopic (exact) mass is 250 g/mol. The Hall–Kier alpha value is -1.65. The van der Waals surface area contributed by atoms with Gasteiger partial charge in [-0.15, -0.1) is 0 Å². The summed E-state index contributed by atoms with van der Waals surface area (Å²) in [5.74, 6) is 0.206. The van der Waals surface area contributed by atoms with E-state index in [9.17, 15) is 4.79 Å². The average Bonchev–Trinajstić information content (AvgIpc) is 2.78. The van der Waals surface area contributed by atoms with Gasteiger partial charge in [-0.1, -0.05) is 11.6 Å². The second kappa shape index (κ2) is 5.12. The molecule has 17 heavy (non-hydrogen) atoms. The Kier molecular flexibility index (Phi) is 3.56. The van der Waals surface area contributed by atoms with Gasteiger partial charge >= 0.3 is 0 Å². The number of hydrogen-bond acceptors (Lipinski definition) is 3. The van der Waals surface area contributed by atoms with Gasteiger partial charge < -0.3 is 9.30 Å². The number of carbonyl (C=O) groups is 1. The van der Waals surface area contributed by atoms with Crippen LogP contribution in [0.3, 0.4) is 0 Å². The lowest BCUT2D eigenvalue weighted by Crippen LogP contribution is -2.12. The molecule has 0 bridgehead atoms. The van der Waals surface area contributed by atoms with Crippen LogP contribution in [-0.2, 0) is 11.5 Å². The Bertz CT molecular complexity index is 520. The van der Waals surface area contributed by atoms with E-state index in [0.29, 0.717) is 23.1 Å². The summed E-state index contributed by atoms with van der Waals surface area (Å²) in [6, 6.07) is 6.71. The van der Waals surface area contributed by atoms with Crippen molar-refractivity contribution in [1.82, 2.24) is 9.55 Å². The highest BCUT2D eigenvalue weighted by Crippen LogP contribution is 2.13. The number of hydrogen-bond donors (Lipinski definition) is 0. The van der Waals surface area contributed by atoms with Gasteiger partial charge in [-0.2, -0.15) is 0 Å². The average molecular weight is 251 g/mol. The molecule has 0 fully saturated rings. The standard InChI is InChI=1S/C12H11ClN2O2/c1-17-8-15-7-6-14-12(15)11(16)9-2-4-10(13)5-3-9/h2-7H,8H2,1H3. The Labute approximate surface area is 104 Å². The highest BCUT2D eigenvalue weighted by Gasteiger charge is 2.14. The molecule has 0 saturated heterocycles. The van der Waals surface area contributed by atoms with Crippen molar-refractivity contribution in [2.24, 2.45) is 0 Å². The van der Waals surface area contributed by atoms with Gasteiger partial charge in [-0.25, -0.2) is 4.98 Å². The first kappa shape index (κ1) is 11.8. The maximum Gasteiger partial charge on any atom is 0.228 e. The normalized spacial score (nSPS) is 10.5. The van der Waals surface area contributed by atoms with E-state index >= 15 is 0 Å². The molecule has 4 nitrogen and oxygen atoms in total. The molecule has 0 aliphatic heterocycles. The maximum atomic E-state index is 12.1. The van der Waals surface area contributed by atoms with Crippen LogP contribution in [0, 0.1) is 0 Å². The molecule has 0 unspecified atom stereocenters. The summed E-state index contributed by atoms with van der Waals surface area (Å²) in [6.07, 6.45) is 3.27. The Balaban J connectivity index is 2.30. The molecule has 0 aliphatic carbocycles. The van der Waals surface area contributed by atoms with Crippen LogP contribution >= 0.6 is 11.6 Å². The number of aromatic nitrogens is 2. The first-order valence-electron chi connectivity index (χ1n) is 5.02. The molecule has 1 aromatic carbocycles. The molecule has 2 aromatic rings. The number of ketones is 1. The van der Waals surface area contributed by atoms with Crippen LogP contribution in [0.5, 0.6) is 0 Å². The Morgan fingerprint density at radius 1 is 1.41 bits per heavy atom. The number of carbonyl (C=O) groups excluding carboxylic acids is 1. The molecule has 0 saturated carbocycles. The van der Waals surface area contributed by atoms with E-state index in [0.717, 1.165) is 0 Å². The van der Waals surface area contributed by atoms with Gasteiger partial charge in [-0.05, 0) is 24.3 Å². The van der Waals surface area contributed by atoms with Crippen molar-refractivity contribution in [2.45, 2.75) is 6.73 Å². The van der Waals surface area contributed by atoms with Crippen LogP contribution in [0.2, 0.25) is 5.02 Å². The molecule has 2 rings (SSSR count). The lowest BCUT2D eigenvalue weighted by Gasteiger charge is -2.05. The van der Waals surface area contributed by atoms with Crippen molar-refractivity contribution in [3.05, 3.63) is 53.1 Å². The first-order valence-corrected chi connectivity index (χ1v) is 5.40. The zero-order chi connectivity index (χ0) is 12.3. The van der Waals surface area contributed by atoms with Gasteiger partial charge in [0, 0.05) is 30.1 Å². The summed E-state index contributed by atoms with van der Waals surface area (Å²) < 4.78 is 6.63. The van der Waals surface area contributed by atoms with Crippen molar-refractivity contribution in [3.8, 4) is 0 Å². The number of rotatable bonds is 4. The van der Waals surface area contributed by atoms with Crippen molar-refractivity contribution in [2.75, 3.05) is 7.11 Å². The van der Waals surface area contributed by atoms with E-state index in [4.69, 9.17) is 16.3 Å². The third kappa shape index (κ3) is 2.54. The summed E-state index contributed by atoms with van der Waals surface area (Å²) in [5.41, 5.74) is 0.554. The molecule has 1 aromatic heterocycles. The number of imidazole rings is 1. The maximum absolute atomic E-state index is 12.1. The molecule has 88 valence electrons. The van der Waals surface area contributed by atoms with Crippen LogP contribution in [0.4, 0.5) is 0 Å². The number of nitrogens with zero attached hydrogens (tertiary/aromatic N) is 2. The minimum Gasteiger partial charge on any atom is -0.364 e. The fourth-order valence-corrected chi connectivity index (χ4v) is 1.62. The van der Waals surface area contributed by atoms with Crippen LogP contribution in [-0.4, -0.2) is 22.4 Å². The molecule has 0 N–H and O–H groups in total. The zero-order valence-corrected chi connectivity index (χ0v) is 10.0. The quantitative estimate of drug-likeness (QED) is 0.783. The van der Waals surface area contributed by atoms with E-state index in [-0.39, 0.29) is 5.78 Å². The van der Waals surface area contributed by atoms with E-state index < -0.39 is 0 Å². The second-order valence-corrected chi connectivity index (χ2v) is 3.91. The smallest absolute Gasteiger partial charge is 0.228 e. The third-order valence-electron chi connectivity index (χ3n) is 2.29. The van der Waals surface area contributed by atoms with Crippen LogP contribution < -0.4 is 0 Å². The number of methoxy groups -OCH3 is 1. The second-order valence-electron chi connectivity index (χ2n) is 3.47. The van der Waals surface area contributed by atoms with Gasteiger partial charge in [-0.3, -0.25) is 4.79 Å². The van der Waals surface area contributed by atoms with E-state index in [1.165, 1.54) is 0 Å². The van der Waals surface area contributed by atoms with Crippen molar-refractivity contribution in [3.63, 3.8) is 0 Å². The SMILES string of the molecule is COCn1ccnc1C(=O)c1ccc(Cl)cc1. The van der Waals surface area contributed by atoms with Crippen LogP contribution in [0.1, 0.15) is 16.2 Å². The summed E-state index contributed by atoms with van der Waals surface area (Å²) >= 11 is 5.77. The van der Waals surface area contributed by atoms with Gasteiger partial charge in [0.2, 0.25) is 5.78 Å². The molecule has 0 amide bonds. The molecule has 5 heteroatoms. The predicted molar refractivity (Wildman–Crippen MR) is 64.1 cm³/mol. The zero-order valence-electron chi connectivity index (χ0n) is 9.26. The van der Waals surface area contributed by atoms with Gasteiger partial charge in [0.15, 0.2) is 5.82 Å². The van der Waals surface area contributed by atoms with Gasteiger partial charge in [0.05, 0.1) is 0 Å². The number of ether oxygens (including phenoxy) is 1. The molecule has 0 aliphatic rings. The minimum absolute atomic E-state index is 0.149. The highest BCUT2D eigenvalue weighted by molar-refractivity contribution is 6.30. The van der Waals surface area contributed by atoms with Gasteiger partial charge in [0.25, 0.3) is 0 Å². The molecular weight excluding hydrogens is 240 g/mol. The fraction of sp³-hybridized carbons (Fsp3) is 0.167. The first-order chi connectivity index (χ1) is 8.22. The van der Waals surface area contributed by atoms with E-state index in [2.05, 4.69) is 4.98 Å². The summed E-state index contributed by atoms with van der Waals surface area (Å²) in [5, 5.41) is 0.599. The van der Waals surface area contributed by atoms with E-state index in [1.807, 2.05) is 0 Å². The Morgan fingerprint density at radius 3 is 2.76 bits per heavy atom. The van der Waals surface area contributed by atoms with Crippen molar-refractivity contribution in [1.29, 1.82) is 0 Å². The lowest BCUT2D eigenvalue weighted by atomic mass is 10.1. The fourth-order valence-electron chi connectivity index (χ4n) is 1.49. The molecule has 0 atom stereocenters. The summed E-state index contributed by atoms with van der Waals surface area (Å²) in [7, 11) is 1.57. The minimum atomic E-state index is -0.149. The molecule has 1 heterocycles. The van der Waals surface area contributed by atoms with Crippen molar-refractivity contribution < 1.29 is 9.53 Å². The molecule has 0 spiro atoms. The summed E-state index contributed by atoms with van der Waals surface area (Å²) in [6.45, 7) is 0.300. The third-order valence-corrected chi connectivity index (χ3v) is 2.55. The topological polar surface area (TPSA) is 44.1 Å². The lowest BCUT2D eigenvalue weighted by molar-refractivity contribution is 0.0982. The summed E-state index contributed by atoms with van der Waals surface area (Å²) in [4.78, 5) is 16.2. The largest absolute Gasteiger partial charge is 0.364 e. The highest BCUT2D eigenvalue weighted by atomic mass is 35.5. The molecule has 0 radical (unpaired) electrons. The Morgan fingerprint density at radius 2 is 2.12 bits per heavy atom. The number of halogens is 1. The van der Waals surface area contributed by atoms with Crippen molar-refractivity contribution >= 4 is 17.4 Å². The number of benzene rings is 1. The van der Waals surface area contributed by atoms with Crippen LogP contribution in [0.15, 0.2) is 36.7 Å². The predicted octanol–water partition coefficient (Wildman–Crippen LogP) is 2.37. The molecular formula is C12H11ClN2O2. The van der Waals surface area contributed by atoms with Crippen LogP contribution in [0.25, 0.3) is 0 Å².